The Morgan fingerprint density at radius 1 is 1.27 bits per heavy atom. The van der Waals surface area contributed by atoms with Crippen LogP contribution in [0.25, 0.3) is 0 Å². The fourth-order valence-electron chi connectivity index (χ4n) is 3.46. The second-order valence-corrected chi connectivity index (χ2v) is 5.68. The van der Waals surface area contributed by atoms with Crippen LogP contribution >= 0.6 is 0 Å². The third-order valence-corrected chi connectivity index (χ3v) is 4.80. The lowest BCUT2D eigenvalue weighted by Crippen LogP contribution is -2.35. The van der Waals surface area contributed by atoms with Crippen molar-refractivity contribution >= 4 is 0 Å². The van der Waals surface area contributed by atoms with Crippen molar-refractivity contribution in [1.29, 1.82) is 0 Å². The van der Waals surface area contributed by atoms with Crippen molar-refractivity contribution in [3.05, 3.63) is 35.9 Å². The Balaban J connectivity index is 1.98. The lowest BCUT2D eigenvalue weighted by Gasteiger charge is -2.34. The fraction of sp³-hybridized carbons (Fsp3) is 0.571. The van der Waals surface area contributed by atoms with Crippen LogP contribution in [0.5, 0.6) is 0 Å². The van der Waals surface area contributed by atoms with E-state index in [0.29, 0.717) is 10.8 Å². The summed E-state index contributed by atoms with van der Waals surface area (Å²) in [5, 5.41) is 3.54. The van der Waals surface area contributed by atoms with E-state index >= 15 is 0 Å². The zero-order chi connectivity index (χ0) is 10.5. The largest absolute Gasteiger partial charge is 0.316 e. The molecule has 1 aliphatic carbocycles. The van der Waals surface area contributed by atoms with Crippen molar-refractivity contribution in [3.8, 4) is 0 Å². The van der Waals surface area contributed by atoms with Crippen LogP contribution in [0.1, 0.15) is 25.8 Å². The monoisotopic (exact) mass is 201 g/mol. The highest BCUT2D eigenvalue weighted by Crippen LogP contribution is 2.65. The summed E-state index contributed by atoms with van der Waals surface area (Å²) < 4.78 is 0. The number of piperidine rings is 1. The second kappa shape index (κ2) is 2.85. The summed E-state index contributed by atoms with van der Waals surface area (Å²) in [6, 6.07) is 11.0. The van der Waals surface area contributed by atoms with Gasteiger partial charge in [0.1, 0.15) is 0 Å². The first-order valence-electron chi connectivity index (χ1n) is 5.93. The molecule has 1 heteroatoms. The molecule has 0 aromatic heterocycles. The average Bonchev–Trinajstić information content (AvgIpc) is 2.84. The molecular formula is C14H19N. The van der Waals surface area contributed by atoms with Crippen LogP contribution in [-0.4, -0.2) is 13.1 Å². The van der Waals surface area contributed by atoms with Crippen LogP contribution in [0, 0.1) is 11.3 Å². The molecule has 2 aliphatic rings. The van der Waals surface area contributed by atoms with E-state index in [1.807, 2.05) is 0 Å². The predicted octanol–water partition coefficient (Wildman–Crippen LogP) is 2.57. The van der Waals surface area contributed by atoms with Crippen LogP contribution in [0.4, 0.5) is 0 Å². The summed E-state index contributed by atoms with van der Waals surface area (Å²) in [7, 11) is 0. The van der Waals surface area contributed by atoms with E-state index in [9.17, 15) is 0 Å². The molecule has 3 rings (SSSR count). The van der Waals surface area contributed by atoms with E-state index < -0.39 is 0 Å². The molecular weight excluding hydrogens is 182 g/mol. The SMILES string of the molecule is CC(C)(c1ccccc1)C12CNCC1C2. The minimum Gasteiger partial charge on any atom is -0.316 e. The van der Waals surface area contributed by atoms with E-state index in [1.54, 1.807) is 0 Å². The van der Waals surface area contributed by atoms with Gasteiger partial charge in [0.15, 0.2) is 0 Å². The molecule has 15 heavy (non-hydrogen) atoms. The maximum atomic E-state index is 3.54. The van der Waals surface area contributed by atoms with Gasteiger partial charge >= 0.3 is 0 Å². The summed E-state index contributed by atoms with van der Waals surface area (Å²) in [6.07, 6.45) is 1.42. The number of nitrogens with one attached hydrogen (secondary N) is 1. The minimum atomic E-state index is 0.322. The van der Waals surface area contributed by atoms with Crippen molar-refractivity contribution in [2.24, 2.45) is 11.3 Å². The standard InChI is InChI=1S/C14H19N/c1-13(2,11-6-4-3-5-7-11)14-8-12(14)9-15-10-14/h3-7,12,15H,8-10H2,1-2H3. The highest BCUT2D eigenvalue weighted by atomic mass is 15.0. The zero-order valence-corrected chi connectivity index (χ0v) is 9.59. The number of benzene rings is 1. The average molecular weight is 201 g/mol. The van der Waals surface area contributed by atoms with Crippen molar-refractivity contribution in [2.45, 2.75) is 25.7 Å². The molecule has 2 unspecified atom stereocenters. The lowest BCUT2D eigenvalue weighted by molar-refractivity contribution is 0.295. The van der Waals surface area contributed by atoms with E-state index in [4.69, 9.17) is 0 Å². The Morgan fingerprint density at radius 2 is 2.00 bits per heavy atom. The molecule has 0 radical (unpaired) electrons. The first kappa shape index (κ1) is 9.41. The van der Waals surface area contributed by atoms with Gasteiger partial charge in [0.05, 0.1) is 0 Å². The van der Waals surface area contributed by atoms with Crippen LogP contribution in [0.3, 0.4) is 0 Å². The van der Waals surface area contributed by atoms with Gasteiger partial charge in [-0.15, -0.1) is 0 Å². The molecule has 1 saturated heterocycles. The molecule has 2 fully saturated rings. The van der Waals surface area contributed by atoms with Crippen LogP contribution in [-0.2, 0) is 5.41 Å². The third kappa shape index (κ3) is 1.13. The zero-order valence-electron chi connectivity index (χ0n) is 9.59. The van der Waals surface area contributed by atoms with Gasteiger partial charge in [-0.1, -0.05) is 44.2 Å². The molecule has 0 spiro atoms. The molecule has 1 saturated carbocycles. The van der Waals surface area contributed by atoms with Gasteiger partial charge in [-0.3, -0.25) is 0 Å². The third-order valence-electron chi connectivity index (χ3n) is 4.80. The Hall–Kier alpha value is -0.820. The van der Waals surface area contributed by atoms with Gasteiger partial charge in [-0.05, 0) is 35.3 Å². The van der Waals surface area contributed by atoms with Crippen molar-refractivity contribution in [3.63, 3.8) is 0 Å². The van der Waals surface area contributed by atoms with Gasteiger partial charge in [0, 0.05) is 6.54 Å². The molecule has 80 valence electrons. The smallest absolute Gasteiger partial charge is 0.00195 e. The first-order valence-corrected chi connectivity index (χ1v) is 5.93. The number of hydrogen-bond donors (Lipinski definition) is 1. The Kier molecular flexibility index (Phi) is 1.79. The first-order chi connectivity index (χ1) is 7.17. The van der Waals surface area contributed by atoms with E-state index in [0.717, 1.165) is 5.92 Å². The number of hydrogen-bond acceptors (Lipinski definition) is 1. The lowest BCUT2D eigenvalue weighted by atomic mass is 9.70. The summed E-state index contributed by atoms with van der Waals surface area (Å²) in [4.78, 5) is 0. The van der Waals surface area contributed by atoms with Gasteiger partial charge < -0.3 is 5.32 Å². The van der Waals surface area contributed by atoms with Crippen molar-refractivity contribution in [1.82, 2.24) is 5.32 Å². The van der Waals surface area contributed by atoms with Crippen molar-refractivity contribution < 1.29 is 0 Å². The van der Waals surface area contributed by atoms with Crippen LogP contribution in [0.15, 0.2) is 30.3 Å². The van der Waals surface area contributed by atoms with Gasteiger partial charge in [0.25, 0.3) is 0 Å². The van der Waals surface area contributed by atoms with E-state index in [-0.39, 0.29) is 0 Å². The highest BCUT2D eigenvalue weighted by Gasteiger charge is 2.64. The minimum absolute atomic E-state index is 0.322. The van der Waals surface area contributed by atoms with Crippen LogP contribution < -0.4 is 5.32 Å². The fourth-order valence-corrected chi connectivity index (χ4v) is 3.46. The van der Waals surface area contributed by atoms with Crippen molar-refractivity contribution in [2.75, 3.05) is 13.1 Å². The molecule has 1 nitrogen and oxygen atoms in total. The van der Waals surface area contributed by atoms with E-state index in [2.05, 4.69) is 49.5 Å². The highest BCUT2D eigenvalue weighted by molar-refractivity contribution is 5.33. The molecule has 1 N–H and O–H groups in total. The second-order valence-electron chi connectivity index (χ2n) is 5.68. The maximum absolute atomic E-state index is 3.54. The van der Waals surface area contributed by atoms with Gasteiger partial charge in [-0.2, -0.15) is 0 Å². The molecule has 2 atom stereocenters. The summed E-state index contributed by atoms with van der Waals surface area (Å²) >= 11 is 0. The Morgan fingerprint density at radius 3 is 2.53 bits per heavy atom. The molecule has 1 aromatic carbocycles. The Bertz CT molecular complexity index is 368. The van der Waals surface area contributed by atoms with E-state index in [1.165, 1.54) is 25.1 Å². The quantitative estimate of drug-likeness (QED) is 0.775. The number of rotatable bonds is 2. The summed E-state index contributed by atoms with van der Waals surface area (Å²) in [5.41, 5.74) is 2.37. The molecule has 0 amide bonds. The van der Waals surface area contributed by atoms with Gasteiger partial charge in [-0.25, -0.2) is 0 Å². The normalized spacial score (nSPS) is 33.9. The van der Waals surface area contributed by atoms with Crippen LogP contribution in [0.2, 0.25) is 0 Å². The predicted molar refractivity (Wildman–Crippen MR) is 62.9 cm³/mol. The summed E-state index contributed by atoms with van der Waals surface area (Å²) in [6.45, 7) is 7.26. The maximum Gasteiger partial charge on any atom is 0.00195 e. The van der Waals surface area contributed by atoms with Gasteiger partial charge in [0.2, 0.25) is 0 Å². The molecule has 1 aliphatic heterocycles. The topological polar surface area (TPSA) is 12.0 Å². The molecule has 0 bridgehead atoms. The molecule has 1 aromatic rings. The molecule has 1 heterocycles. The number of fused-ring (bicyclic) bond motifs is 1. The Labute approximate surface area is 91.9 Å². The summed E-state index contributed by atoms with van der Waals surface area (Å²) in [5.74, 6) is 0.924.